The zero-order valence-corrected chi connectivity index (χ0v) is 33.1. The van der Waals surface area contributed by atoms with Gasteiger partial charge in [-0.3, -0.25) is 19.1 Å². The van der Waals surface area contributed by atoms with E-state index in [9.17, 15) is 40.8 Å². The van der Waals surface area contributed by atoms with Crippen LogP contribution in [0.3, 0.4) is 0 Å². The minimum Gasteiger partial charge on any atom is -0.458 e. The third-order valence-corrected chi connectivity index (χ3v) is 12.5. The molecule has 0 radical (unpaired) electrons. The average Bonchev–Trinajstić information content (AvgIpc) is 4.00. The van der Waals surface area contributed by atoms with Crippen molar-refractivity contribution in [3.63, 3.8) is 0 Å². The third kappa shape index (κ3) is 9.91. The van der Waals surface area contributed by atoms with Gasteiger partial charge in [-0.05, 0) is 74.6 Å². The topological polar surface area (TPSA) is 198 Å². The van der Waals surface area contributed by atoms with Gasteiger partial charge in [0.15, 0.2) is 0 Å². The number of hydrogen-bond donors (Lipinski definition) is 4. The number of hydrogen-bond acceptors (Lipinski definition) is 11. The zero-order chi connectivity index (χ0) is 41.5. The molecule has 0 unspecified atom stereocenters. The van der Waals surface area contributed by atoms with Crippen molar-refractivity contribution in [3.8, 4) is 6.01 Å². The number of halogens is 4. The van der Waals surface area contributed by atoms with Crippen molar-refractivity contribution in [2.45, 2.75) is 113 Å². The molecule has 15 nitrogen and oxygen atoms in total. The first-order valence-corrected chi connectivity index (χ1v) is 20.5. The van der Waals surface area contributed by atoms with E-state index >= 15 is 0 Å². The van der Waals surface area contributed by atoms with Gasteiger partial charge in [-0.15, -0.1) is 6.58 Å². The Morgan fingerprint density at radius 2 is 1.70 bits per heavy atom. The van der Waals surface area contributed by atoms with Crippen LogP contribution in [0.2, 0.25) is 5.15 Å². The van der Waals surface area contributed by atoms with E-state index in [2.05, 4.69) is 37.2 Å². The molecule has 4 amide bonds. The van der Waals surface area contributed by atoms with Crippen molar-refractivity contribution in [1.82, 2.24) is 30.2 Å². The number of alkyl halides is 3. The minimum atomic E-state index is -4.53. The summed E-state index contributed by atoms with van der Waals surface area (Å²) in [5, 5.41) is 7.45. The Morgan fingerprint density at radius 3 is 2.28 bits per heavy atom. The average molecular weight is 840 g/mol. The Kier molecular flexibility index (Phi) is 11.7. The predicted octanol–water partition coefficient (Wildman–Crippen LogP) is 4.99. The van der Waals surface area contributed by atoms with Crippen molar-refractivity contribution >= 4 is 56.9 Å². The number of likely N-dealkylation sites (tertiary alicyclic amines) is 1. The number of anilines is 2. The minimum absolute atomic E-state index is 0.0685. The molecule has 0 bridgehead atoms. The van der Waals surface area contributed by atoms with Gasteiger partial charge >= 0.3 is 18.3 Å². The summed E-state index contributed by atoms with van der Waals surface area (Å²) in [6.45, 7) is 8.70. The molecule has 5 atom stereocenters. The highest BCUT2D eigenvalue weighted by atomic mass is 35.5. The van der Waals surface area contributed by atoms with Gasteiger partial charge in [0.1, 0.15) is 40.8 Å². The first kappa shape index (κ1) is 42.0. The fourth-order valence-corrected chi connectivity index (χ4v) is 8.61. The standard InChI is InChI=1S/C37H45ClF3N7O8S/c1-5-20-18-36(20,32(51)47-57(53,54)25-14-15-25)46-30(49)26-16-24(19-48(26)31(50)29(35(2,3)4)45-34(52)56-23-8-6-7-9-23)55-33-43-27(38)17-28(44-33)42-22-12-10-21(11-13-22)37(39,40)41/h5,10-13,17,20,23-26,29H,1,6-9,14-16,18-19H2,2-4H3,(H,45,52)(H,46,49)(H,47,51)(H,42,43,44)/t20-,24-,26+,29-,36-/m1/s1. The molecule has 0 spiro atoms. The lowest BCUT2D eigenvalue weighted by Crippen LogP contribution is -2.60. The highest BCUT2D eigenvalue weighted by Gasteiger charge is 2.62. The summed E-state index contributed by atoms with van der Waals surface area (Å²) in [4.78, 5) is 64.9. The number of nitrogens with one attached hydrogen (secondary N) is 4. The molecule has 1 aliphatic heterocycles. The largest absolute Gasteiger partial charge is 0.458 e. The molecule has 3 aliphatic carbocycles. The summed E-state index contributed by atoms with van der Waals surface area (Å²) in [6, 6.07) is 2.75. The van der Waals surface area contributed by atoms with Gasteiger partial charge in [-0.1, -0.05) is 38.4 Å². The lowest BCUT2D eigenvalue weighted by Gasteiger charge is -2.35. The van der Waals surface area contributed by atoms with Crippen molar-refractivity contribution in [2.75, 3.05) is 11.9 Å². The van der Waals surface area contributed by atoms with Gasteiger partial charge in [-0.25, -0.2) is 13.2 Å². The van der Waals surface area contributed by atoms with Gasteiger partial charge in [0.25, 0.3) is 5.91 Å². The molecule has 3 saturated carbocycles. The molecular formula is C37H45ClF3N7O8S. The number of alkyl carbamates (subject to hydrolysis) is 1. The first-order valence-electron chi connectivity index (χ1n) is 18.6. The van der Waals surface area contributed by atoms with Crippen LogP contribution in [0, 0.1) is 11.3 Å². The number of sulfonamides is 1. The van der Waals surface area contributed by atoms with Crippen LogP contribution in [-0.2, 0) is 35.3 Å². The molecule has 1 aromatic carbocycles. The van der Waals surface area contributed by atoms with Crippen LogP contribution < -0.4 is 25.4 Å². The SMILES string of the molecule is C=C[C@@H]1C[C@]1(NC(=O)[C@@H]1C[C@@H](Oc2nc(Cl)cc(Nc3ccc(C(F)(F)F)cc3)n2)CN1C(=O)[C@@H](NC(=O)OC1CCCC1)C(C)(C)C)C(=O)NS(=O)(=O)C1CC1. The van der Waals surface area contributed by atoms with Gasteiger partial charge in [-0.2, -0.15) is 23.1 Å². The van der Waals surface area contributed by atoms with Gasteiger partial charge in [0.2, 0.25) is 21.8 Å². The summed E-state index contributed by atoms with van der Waals surface area (Å²) in [5.74, 6) is -2.88. The molecule has 4 N–H and O–H groups in total. The summed E-state index contributed by atoms with van der Waals surface area (Å²) in [6.07, 6.45) is -1.17. The van der Waals surface area contributed by atoms with E-state index in [0.717, 1.165) is 25.0 Å². The summed E-state index contributed by atoms with van der Waals surface area (Å²) in [5.41, 5.74) is -3.12. The quantitative estimate of drug-likeness (QED) is 0.157. The first-order chi connectivity index (χ1) is 26.7. The van der Waals surface area contributed by atoms with E-state index < -0.39 is 85.9 Å². The fraction of sp³-hybridized carbons (Fsp3) is 0.568. The predicted molar refractivity (Wildman–Crippen MR) is 201 cm³/mol. The Labute approximate surface area is 332 Å². The number of nitrogens with zero attached hydrogens (tertiary/aromatic N) is 3. The lowest BCUT2D eigenvalue weighted by atomic mass is 9.85. The Morgan fingerprint density at radius 1 is 1.04 bits per heavy atom. The van der Waals surface area contributed by atoms with Crippen molar-refractivity contribution in [1.29, 1.82) is 0 Å². The maximum Gasteiger partial charge on any atom is 0.416 e. The number of carbonyl (C=O) groups is 4. The summed E-state index contributed by atoms with van der Waals surface area (Å²) < 4.78 is 78.4. The van der Waals surface area contributed by atoms with E-state index in [0.29, 0.717) is 25.7 Å². The molecule has 57 heavy (non-hydrogen) atoms. The fourth-order valence-electron chi connectivity index (χ4n) is 7.07. The van der Waals surface area contributed by atoms with Crippen LogP contribution in [0.4, 0.5) is 29.5 Å². The molecule has 2 aromatic rings. The van der Waals surface area contributed by atoms with Crippen LogP contribution in [-0.4, -0.2) is 88.7 Å². The number of ether oxygens (including phenoxy) is 2. The Hall–Kier alpha value is -4.65. The van der Waals surface area contributed by atoms with E-state index in [1.807, 2.05) is 0 Å². The summed E-state index contributed by atoms with van der Waals surface area (Å²) in [7, 11) is -3.96. The number of benzene rings is 1. The van der Waals surface area contributed by atoms with Gasteiger partial charge < -0.3 is 30.3 Å². The van der Waals surface area contributed by atoms with E-state index in [-0.39, 0.29) is 48.2 Å². The van der Waals surface area contributed by atoms with Crippen LogP contribution in [0.1, 0.15) is 77.7 Å². The molecule has 6 rings (SSSR count). The second-order valence-corrected chi connectivity index (χ2v) is 18.3. The lowest BCUT2D eigenvalue weighted by molar-refractivity contribution is -0.143. The molecule has 1 saturated heterocycles. The monoisotopic (exact) mass is 839 g/mol. The molecule has 1 aromatic heterocycles. The smallest absolute Gasteiger partial charge is 0.416 e. The second kappa shape index (κ2) is 15.9. The van der Waals surface area contributed by atoms with Crippen LogP contribution in [0.15, 0.2) is 43.0 Å². The highest BCUT2D eigenvalue weighted by molar-refractivity contribution is 7.91. The third-order valence-electron chi connectivity index (χ3n) is 10.5. The second-order valence-electron chi connectivity index (χ2n) is 16.0. The van der Waals surface area contributed by atoms with Crippen molar-refractivity contribution < 1.29 is 50.2 Å². The molecule has 4 aliphatic rings. The Balaban J connectivity index is 1.24. The number of rotatable bonds is 13. The van der Waals surface area contributed by atoms with E-state index in [1.165, 1.54) is 29.2 Å². The highest BCUT2D eigenvalue weighted by Crippen LogP contribution is 2.45. The molecule has 4 fully saturated rings. The van der Waals surface area contributed by atoms with Crippen LogP contribution in [0.25, 0.3) is 0 Å². The number of amides is 4. The normalized spacial score (nSPS) is 24.3. The molecule has 20 heteroatoms. The van der Waals surface area contributed by atoms with Gasteiger partial charge in [0, 0.05) is 24.1 Å². The maximum atomic E-state index is 14.5. The summed E-state index contributed by atoms with van der Waals surface area (Å²) >= 11 is 6.26. The number of aromatic nitrogens is 2. The maximum absolute atomic E-state index is 14.5. The van der Waals surface area contributed by atoms with Crippen molar-refractivity contribution in [3.05, 3.63) is 53.7 Å². The number of carbonyl (C=O) groups excluding carboxylic acids is 4. The van der Waals surface area contributed by atoms with E-state index in [4.69, 9.17) is 21.1 Å². The van der Waals surface area contributed by atoms with Gasteiger partial charge in [0.05, 0.1) is 17.4 Å². The molecule has 310 valence electrons. The zero-order valence-electron chi connectivity index (χ0n) is 31.5. The molecule has 2 heterocycles. The van der Waals surface area contributed by atoms with Crippen molar-refractivity contribution in [2.24, 2.45) is 11.3 Å². The Bertz CT molecular complexity index is 2010. The van der Waals surface area contributed by atoms with Crippen LogP contribution in [0.5, 0.6) is 6.01 Å². The van der Waals surface area contributed by atoms with E-state index in [1.54, 1.807) is 20.8 Å². The van der Waals surface area contributed by atoms with Crippen LogP contribution >= 0.6 is 11.6 Å². The molecular weight excluding hydrogens is 795 g/mol.